The minimum Gasteiger partial charge on any atom is -0.354 e. The van der Waals surface area contributed by atoms with Crippen LogP contribution < -0.4 is 10.9 Å². The Morgan fingerprint density at radius 1 is 0.962 bits per heavy atom. The fourth-order valence-corrected chi connectivity index (χ4v) is 2.29. The first kappa shape index (κ1) is 16.9. The average molecular weight is 341 g/mol. The van der Waals surface area contributed by atoms with Crippen LogP contribution in [-0.2, 0) is 0 Å². The Morgan fingerprint density at radius 2 is 1.62 bits per heavy atom. The summed E-state index contributed by atoms with van der Waals surface area (Å²) in [6.45, 7) is 0. The van der Waals surface area contributed by atoms with Crippen molar-refractivity contribution < 1.29 is 0 Å². The molecule has 2 aromatic carbocycles. The zero-order chi connectivity index (χ0) is 18.2. The van der Waals surface area contributed by atoms with Gasteiger partial charge >= 0.3 is 0 Å². The Hall–Kier alpha value is -3.98. The van der Waals surface area contributed by atoms with Crippen LogP contribution in [0.5, 0.6) is 0 Å². The predicted molar refractivity (Wildman–Crippen MR) is 103 cm³/mol. The van der Waals surface area contributed by atoms with Gasteiger partial charge in [0.15, 0.2) is 0 Å². The quantitative estimate of drug-likeness (QED) is 0.550. The summed E-state index contributed by atoms with van der Waals surface area (Å²) < 4.78 is 0. The lowest BCUT2D eigenvalue weighted by Gasteiger charge is -2.10. The van der Waals surface area contributed by atoms with Crippen molar-refractivity contribution in [1.82, 2.24) is 4.98 Å². The average Bonchev–Trinajstić information content (AvgIpc) is 2.68. The molecule has 6 heteroatoms. The van der Waals surface area contributed by atoms with Gasteiger partial charge in [-0.1, -0.05) is 48.5 Å². The molecule has 0 unspecified atom stereocenters. The predicted octanol–water partition coefficient (Wildman–Crippen LogP) is 3.44. The second kappa shape index (κ2) is 8.22. The zero-order valence-electron chi connectivity index (χ0n) is 13.8. The highest BCUT2D eigenvalue weighted by Crippen LogP contribution is 2.21. The molecule has 0 saturated carbocycles. The van der Waals surface area contributed by atoms with Gasteiger partial charge in [-0.3, -0.25) is 4.79 Å². The molecular formula is C20H15N5O. The number of aromatic nitrogens is 1. The number of rotatable bonds is 5. The highest BCUT2D eigenvalue weighted by Gasteiger charge is 2.11. The van der Waals surface area contributed by atoms with Crippen molar-refractivity contribution in [2.24, 2.45) is 10.2 Å². The van der Waals surface area contributed by atoms with Crippen LogP contribution in [-0.4, -0.2) is 17.4 Å². The number of para-hydroxylation sites is 1. The monoisotopic (exact) mass is 341 g/mol. The molecule has 1 aromatic heterocycles. The molecule has 0 saturated heterocycles. The number of nitrogens with one attached hydrogen (secondary N) is 2. The van der Waals surface area contributed by atoms with Crippen molar-refractivity contribution in [3.8, 4) is 6.07 Å². The number of hydrogen-bond donors (Lipinski definition) is 2. The highest BCUT2D eigenvalue weighted by atomic mass is 16.1. The van der Waals surface area contributed by atoms with Gasteiger partial charge in [-0.25, -0.2) is 0 Å². The van der Waals surface area contributed by atoms with Crippen molar-refractivity contribution in [2.75, 3.05) is 5.32 Å². The largest absolute Gasteiger partial charge is 0.354 e. The molecule has 0 fully saturated rings. The number of benzene rings is 2. The first-order chi connectivity index (χ1) is 12.8. The van der Waals surface area contributed by atoms with E-state index in [1.807, 2.05) is 66.7 Å². The van der Waals surface area contributed by atoms with Gasteiger partial charge in [-0.15, -0.1) is 0 Å². The summed E-state index contributed by atoms with van der Waals surface area (Å²) in [6.07, 6.45) is 4.61. The van der Waals surface area contributed by atoms with Gasteiger partial charge in [0.1, 0.15) is 11.6 Å². The van der Waals surface area contributed by atoms with Crippen LogP contribution >= 0.6 is 0 Å². The van der Waals surface area contributed by atoms with Gasteiger partial charge in [0.2, 0.25) is 0 Å². The summed E-state index contributed by atoms with van der Waals surface area (Å²) >= 11 is 0. The summed E-state index contributed by atoms with van der Waals surface area (Å²) in [6, 6.07) is 20.8. The van der Waals surface area contributed by atoms with Crippen molar-refractivity contribution in [3.05, 3.63) is 93.9 Å². The molecule has 0 bridgehead atoms. The summed E-state index contributed by atoms with van der Waals surface area (Å²) in [7, 11) is 0. The molecule has 0 aliphatic carbocycles. The van der Waals surface area contributed by atoms with E-state index in [0.717, 1.165) is 11.3 Å². The van der Waals surface area contributed by atoms with Crippen molar-refractivity contribution >= 4 is 23.8 Å². The van der Waals surface area contributed by atoms with Crippen LogP contribution in [0.4, 0.5) is 11.4 Å². The summed E-state index contributed by atoms with van der Waals surface area (Å²) in [4.78, 5) is 14.5. The van der Waals surface area contributed by atoms with E-state index < -0.39 is 5.56 Å². The molecule has 3 aromatic rings. The van der Waals surface area contributed by atoms with Gasteiger partial charge < -0.3 is 10.3 Å². The molecule has 26 heavy (non-hydrogen) atoms. The maximum atomic E-state index is 11.9. The number of hydrogen-bond acceptors (Lipinski definition) is 5. The van der Waals surface area contributed by atoms with Crippen molar-refractivity contribution in [1.29, 1.82) is 5.26 Å². The number of aromatic amines is 1. The van der Waals surface area contributed by atoms with Crippen LogP contribution in [0.1, 0.15) is 16.7 Å². The molecule has 0 atom stereocenters. The maximum absolute atomic E-state index is 11.9. The second-order valence-corrected chi connectivity index (χ2v) is 5.33. The van der Waals surface area contributed by atoms with E-state index in [1.165, 1.54) is 12.4 Å². The lowest BCUT2D eigenvalue weighted by atomic mass is 10.1. The molecular weight excluding hydrogens is 326 g/mol. The third-order valence-electron chi connectivity index (χ3n) is 3.55. The topological polar surface area (TPSA) is 93.4 Å². The van der Waals surface area contributed by atoms with Gasteiger partial charge in [0, 0.05) is 17.4 Å². The number of pyridine rings is 1. The molecule has 6 nitrogen and oxygen atoms in total. The number of nitriles is 1. The number of anilines is 2. The number of nitrogens with zero attached hydrogens (tertiary/aromatic N) is 3. The van der Waals surface area contributed by atoms with E-state index in [0.29, 0.717) is 11.3 Å². The van der Waals surface area contributed by atoms with Crippen LogP contribution in [0.2, 0.25) is 0 Å². The summed E-state index contributed by atoms with van der Waals surface area (Å²) in [5.74, 6) is 0. The van der Waals surface area contributed by atoms with E-state index in [9.17, 15) is 10.1 Å². The molecule has 0 spiro atoms. The molecule has 2 N–H and O–H groups in total. The molecule has 0 radical (unpaired) electrons. The smallest absolute Gasteiger partial charge is 0.268 e. The molecule has 1 heterocycles. The van der Waals surface area contributed by atoms with E-state index in [4.69, 9.17) is 0 Å². The molecule has 0 aliphatic heterocycles. The third-order valence-corrected chi connectivity index (χ3v) is 3.55. The van der Waals surface area contributed by atoms with Gasteiger partial charge in [0.05, 0.1) is 18.1 Å². The second-order valence-electron chi connectivity index (χ2n) is 5.33. The van der Waals surface area contributed by atoms with Crippen LogP contribution in [0, 0.1) is 11.3 Å². The summed E-state index contributed by atoms with van der Waals surface area (Å²) in [5.41, 5.74) is 2.15. The maximum Gasteiger partial charge on any atom is 0.268 e. The van der Waals surface area contributed by atoms with Gasteiger partial charge in [-0.2, -0.15) is 15.5 Å². The highest BCUT2D eigenvalue weighted by molar-refractivity contribution is 5.91. The summed E-state index contributed by atoms with van der Waals surface area (Å²) in [5, 5.41) is 20.5. The Kier molecular flexibility index (Phi) is 5.33. The van der Waals surface area contributed by atoms with Crippen molar-refractivity contribution in [2.45, 2.75) is 0 Å². The van der Waals surface area contributed by atoms with E-state index in [-0.39, 0.29) is 5.56 Å². The Morgan fingerprint density at radius 3 is 2.31 bits per heavy atom. The van der Waals surface area contributed by atoms with E-state index in [1.54, 1.807) is 6.21 Å². The minimum absolute atomic E-state index is 0.00941. The molecule has 0 amide bonds. The normalized spacial score (nSPS) is 10.9. The zero-order valence-corrected chi connectivity index (χ0v) is 13.8. The van der Waals surface area contributed by atoms with Gasteiger partial charge in [0.25, 0.3) is 5.56 Å². The molecule has 126 valence electrons. The Labute approximate surface area is 150 Å². The Balaban J connectivity index is 1.91. The fourth-order valence-electron chi connectivity index (χ4n) is 2.29. The minimum atomic E-state index is -0.462. The first-order valence-corrected chi connectivity index (χ1v) is 7.87. The SMILES string of the molecule is N#Cc1c(Nc2ccccc2)c(C=NN=Cc2ccccc2)c[nH]c1=O. The molecule has 0 aliphatic rings. The van der Waals surface area contributed by atoms with Crippen LogP contribution in [0.15, 0.2) is 81.9 Å². The van der Waals surface area contributed by atoms with Gasteiger partial charge in [-0.05, 0) is 17.7 Å². The number of H-pyrrole nitrogens is 1. The lowest BCUT2D eigenvalue weighted by molar-refractivity contribution is 1.20. The molecule has 3 rings (SSSR count). The fraction of sp³-hybridized carbons (Fsp3) is 0. The Bertz CT molecular complexity index is 1030. The van der Waals surface area contributed by atoms with Crippen LogP contribution in [0.25, 0.3) is 0 Å². The standard InChI is InChI=1S/C20H15N5O/c21-11-18-19(25-17-9-5-2-6-10-17)16(13-22-20(18)26)14-24-23-12-15-7-3-1-4-8-15/h1-10,12-14H,(H2,22,25,26). The first-order valence-electron chi connectivity index (χ1n) is 7.87. The van der Waals surface area contributed by atoms with E-state index >= 15 is 0 Å². The lowest BCUT2D eigenvalue weighted by Crippen LogP contribution is -2.14. The van der Waals surface area contributed by atoms with Crippen molar-refractivity contribution in [3.63, 3.8) is 0 Å². The third kappa shape index (κ3) is 4.10. The van der Waals surface area contributed by atoms with Crippen LogP contribution in [0.3, 0.4) is 0 Å². The van der Waals surface area contributed by atoms with E-state index in [2.05, 4.69) is 20.5 Å².